The number of ketones is 1. The van der Waals surface area contributed by atoms with Gasteiger partial charge >= 0.3 is 0 Å². The van der Waals surface area contributed by atoms with Crippen molar-refractivity contribution in [2.24, 2.45) is 0 Å². The second kappa shape index (κ2) is 7.92. The van der Waals surface area contributed by atoms with E-state index in [1.54, 1.807) is 31.4 Å². The first-order valence-corrected chi connectivity index (χ1v) is 9.16. The van der Waals surface area contributed by atoms with E-state index in [0.717, 1.165) is 11.3 Å². The Morgan fingerprint density at radius 2 is 1.96 bits per heavy atom. The van der Waals surface area contributed by atoms with Gasteiger partial charge in [-0.05, 0) is 57.9 Å². The number of Topliss-reactive ketones (excluding diaryl/α,β-unsaturated/α-hetero) is 1. The van der Waals surface area contributed by atoms with Crippen molar-refractivity contribution in [2.45, 2.75) is 0 Å². The lowest BCUT2D eigenvalue weighted by Crippen LogP contribution is -2.16. The average Bonchev–Trinajstić information content (AvgIpc) is 2.66. The van der Waals surface area contributed by atoms with Crippen molar-refractivity contribution in [3.05, 3.63) is 45.9 Å². The molecule has 2 N–H and O–H groups in total. The van der Waals surface area contributed by atoms with Gasteiger partial charge in [0.25, 0.3) is 0 Å². The maximum Gasteiger partial charge on any atom is 0.203 e. The number of halogens is 1. The molecule has 0 aromatic heterocycles. The van der Waals surface area contributed by atoms with Gasteiger partial charge < -0.3 is 24.8 Å². The molecule has 2 aromatic rings. The number of ether oxygens (including phenoxy) is 3. The van der Waals surface area contributed by atoms with Gasteiger partial charge in [0, 0.05) is 19.7 Å². The number of hydrogen-bond acceptors (Lipinski definition) is 6. The van der Waals surface area contributed by atoms with Crippen LogP contribution in [0.15, 0.2) is 34.8 Å². The minimum atomic E-state index is -0.166. The summed E-state index contributed by atoms with van der Waals surface area (Å²) in [6, 6.07) is 8.88. The van der Waals surface area contributed by atoms with Crippen LogP contribution in [-0.4, -0.2) is 40.2 Å². The molecule has 0 saturated heterocycles. The molecule has 0 atom stereocenters. The van der Waals surface area contributed by atoms with Crippen LogP contribution in [0.5, 0.6) is 17.2 Å². The van der Waals surface area contributed by atoms with Gasteiger partial charge in [-0.3, -0.25) is 4.79 Å². The Labute approximate surface area is 166 Å². The highest BCUT2D eigenvalue weighted by molar-refractivity contribution is 9.12. The van der Waals surface area contributed by atoms with Crippen LogP contribution in [0, 0.1) is 0 Å². The molecule has 1 heterocycles. The molecule has 0 radical (unpaired) electrons. The van der Waals surface area contributed by atoms with Crippen LogP contribution in [0.3, 0.4) is 0 Å². The van der Waals surface area contributed by atoms with Crippen LogP contribution in [0.25, 0.3) is 6.08 Å². The third kappa shape index (κ3) is 4.03. The second-order valence-electron chi connectivity index (χ2n) is 6.24. The van der Waals surface area contributed by atoms with Crippen molar-refractivity contribution in [3.8, 4) is 17.2 Å². The van der Waals surface area contributed by atoms with Crippen LogP contribution >= 0.6 is 15.9 Å². The van der Waals surface area contributed by atoms with E-state index in [1.165, 1.54) is 0 Å². The second-order valence-corrected chi connectivity index (χ2v) is 7.09. The van der Waals surface area contributed by atoms with Crippen molar-refractivity contribution >= 4 is 39.2 Å². The summed E-state index contributed by atoms with van der Waals surface area (Å²) >= 11 is 3.38. The van der Waals surface area contributed by atoms with Crippen molar-refractivity contribution in [3.63, 3.8) is 0 Å². The lowest BCUT2D eigenvalue weighted by Gasteiger charge is -2.21. The van der Waals surface area contributed by atoms with Gasteiger partial charge in [-0.2, -0.15) is 0 Å². The van der Waals surface area contributed by atoms with Gasteiger partial charge in [-0.15, -0.1) is 0 Å². The monoisotopic (exact) mass is 432 g/mol. The number of hydrogen-bond donors (Lipinski definition) is 1. The highest BCUT2D eigenvalue weighted by Crippen LogP contribution is 2.41. The fourth-order valence-corrected chi connectivity index (χ4v) is 3.32. The van der Waals surface area contributed by atoms with E-state index in [0.29, 0.717) is 46.2 Å². The molecule has 0 spiro atoms. The Morgan fingerprint density at radius 3 is 2.63 bits per heavy atom. The first-order chi connectivity index (χ1) is 12.9. The molecule has 0 aliphatic carbocycles. The summed E-state index contributed by atoms with van der Waals surface area (Å²) in [6.07, 6.45) is 1.72. The van der Waals surface area contributed by atoms with Crippen LogP contribution < -0.4 is 24.8 Å². The first-order valence-electron chi connectivity index (χ1n) is 8.37. The van der Waals surface area contributed by atoms with Crippen LogP contribution in [0.4, 0.5) is 11.4 Å². The van der Waals surface area contributed by atoms with E-state index in [1.807, 2.05) is 31.1 Å². The predicted molar refractivity (Wildman–Crippen MR) is 110 cm³/mol. The third-order valence-electron chi connectivity index (χ3n) is 4.13. The molecule has 3 rings (SSSR count). The van der Waals surface area contributed by atoms with Gasteiger partial charge in [0.1, 0.15) is 13.2 Å². The zero-order valence-electron chi connectivity index (χ0n) is 15.4. The number of rotatable bonds is 5. The topological polar surface area (TPSA) is 74.0 Å². The molecule has 0 saturated carbocycles. The number of carbonyl (C=O) groups excluding carboxylic acids is 1. The van der Waals surface area contributed by atoms with Gasteiger partial charge in [0.05, 0.1) is 23.0 Å². The Hall–Kier alpha value is -2.67. The molecule has 0 amide bonds. The first kappa shape index (κ1) is 19.1. The molecule has 0 fully saturated rings. The average molecular weight is 433 g/mol. The summed E-state index contributed by atoms with van der Waals surface area (Å²) < 4.78 is 17.0. The summed E-state index contributed by atoms with van der Waals surface area (Å²) in [7, 11) is 5.37. The standard InChI is InChI=1S/C20H21BrN2O4/c1-23(2)16-5-4-13(11-15(16)22)19(24)14(21)8-12-9-17(25-3)20-18(10-12)26-6-7-27-20/h4-5,8-11H,6-7,22H2,1-3H3. The molecular formula is C20H21BrN2O4. The minimum absolute atomic E-state index is 0.166. The maximum atomic E-state index is 12.8. The molecule has 27 heavy (non-hydrogen) atoms. The van der Waals surface area contributed by atoms with E-state index in [9.17, 15) is 4.79 Å². The highest BCUT2D eigenvalue weighted by atomic mass is 79.9. The van der Waals surface area contributed by atoms with E-state index in [-0.39, 0.29) is 5.78 Å². The van der Waals surface area contributed by atoms with Crippen molar-refractivity contribution < 1.29 is 19.0 Å². The van der Waals surface area contributed by atoms with Gasteiger partial charge in [-0.1, -0.05) is 0 Å². The van der Waals surface area contributed by atoms with Gasteiger partial charge in [-0.25, -0.2) is 0 Å². The van der Waals surface area contributed by atoms with Crippen LogP contribution in [-0.2, 0) is 0 Å². The summed E-state index contributed by atoms with van der Waals surface area (Å²) in [5.74, 6) is 1.57. The Kier molecular flexibility index (Phi) is 5.60. The van der Waals surface area contributed by atoms with E-state index in [2.05, 4.69) is 15.9 Å². The molecule has 1 aliphatic heterocycles. The number of nitrogens with zero attached hydrogens (tertiary/aromatic N) is 1. The lowest BCUT2D eigenvalue weighted by molar-refractivity contribution is 0.104. The number of nitrogens with two attached hydrogens (primary N) is 1. The van der Waals surface area contributed by atoms with E-state index < -0.39 is 0 Å². The largest absolute Gasteiger partial charge is 0.493 e. The molecule has 2 aromatic carbocycles. The minimum Gasteiger partial charge on any atom is -0.493 e. The number of benzene rings is 2. The van der Waals surface area contributed by atoms with Crippen molar-refractivity contribution in [1.29, 1.82) is 0 Å². The summed E-state index contributed by atoms with van der Waals surface area (Å²) in [5, 5.41) is 0. The molecule has 0 bridgehead atoms. The maximum absolute atomic E-state index is 12.8. The molecule has 6 nitrogen and oxygen atoms in total. The molecule has 142 valence electrons. The number of methoxy groups -OCH3 is 1. The fourth-order valence-electron chi connectivity index (χ4n) is 2.83. The number of nitrogen functional groups attached to an aromatic ring is 1. The van der Waals surface area contributed by atoms with Crippen molar-refractivity contribution in [1.82, 2.24) is 0 Å². The molecule has 1 aliphatic rings. The SMILES string of the molecule is COc1cc(C=C(Br)C(=O)c2ccc(N(C)C)c(N)c2)cc2c1OCCO2. The zero-order valence-corrected chi connectivity index (χ0v) is 17.0. The lowest BCUT2D eigenvalue weighted by atomic mass is 10.1. The fraction of sp³-hybridized carbons (Fsp3) is 0.250. The predicted octanol–water partition coefficient (Wildman–Crippen LogP) is 3.73. The van der Waals surface area contributed by atoms with Gasteiger partial charge in [0.15, 0.2) is 17.3 Å². The molecule has 7 heteroatoms. The summed E-state index contributed by atoms with van der Waals surface area (Å²) in [4.78, 5) is 14.7. The number of allylic oxidation sites excluding steroid dienone is 1. The number of anilines is 2. The molecular weight excluding hydrogens is 412 g/mol. The van der Waals surface area contributed by atoms with Crippen LogP contribution in [0.2, 0.25) is 0 Å². The Bertz CT molecular complexity index is 892. The number of carbonyl (C=O) groups is 1. The summed E-state index contributed by atoms with van der Waals surface area (Å²) in [5.41, 5.74) is 8.73. The number of fused-ring (bicyclic) bond motifs is 1. The van der Waals surface area contributed by atoms with Gasteiger partial charge in [0.2, 0.25) is 5.75 Å². The van der Waals surface area contributed by atoms with Crippen LogP contribution in [0.1, 0.15) is 15.9 Å². The third-order valence-corrected chi connectivity index (χ3v) is 4.72. The van der Waals surface area contributed by atoms with E-state index in [4.69, 9.17) is 19.9 Å². The zero-order chi connectivity index (χ0) is 19.6. The Balaban J connectivity index is 1.91. The Morgan fingerprint density at radius 1 is 1.22 bits per heavy atom. The highest BCUT2D eigenvalue weighted by Gasteiger charge is 2.19. The summed E-state index contributed by atoms with van der Waals surface area (Å²) in [6.45, 7) is 0.950. The van der Waals surface area contributed by atoms with Crippen molar-refractivity contribution in [2.75, 3.05) is 45.1 Å². The molecule has 0 unspecified atom stereocenters. The van der Waals surface area contributed by atoms with E-state index >= 15 is 0 Å². The quantitative estimate of drug-likeness (QED) is 0.440. The normalized spacial score (nSPS) is 13.3. The smallest absolute Gasteiger partial charge is 0.203 e.